The van der Waals surface area contributed by atoms with Gasteiger partial charge in [-0.05, 0) is 18.9 Å². The molecule has 0 aliphatic carbocycles. The van der Waals surface area contributed by atoms with Gasteiger partial charge in [0, 0.05) is 24.8 Å². The van der Waals surface area contributed by atoms with E-state index in [1.807, 2.05) is 29.2 Å². The molecule has 2 aliphatic rings. The number of anilines is 1. The molecule has 5 nitrogen and oxygen atoms in total. The smallest absolute Gasteiger partial charge is 0.342 e. The van der Waals surface area contributed by atoms with Crippen molar-refractivity contribution < 1.29 is 9.53 Å². The highest BCUT2D eigenvalue weighted by molar-refractivity contribution is 6.01. The average molecular weight is 245 g/mol. The lowest BCUT2D eigenvalue weighted by molar-refractivity contribution is 0.0856. The second kappa shape index (κ2) is 4.78. The molecule has 3 rings (SSSR count). The normalized spacial score (nSPS) is 20.2. The molecule has 0 unspecified atom stereocenters. The van der Waals surface area contributed by atoms with Crippen molar-refractivity contribution in [2.24, 2.45) is 5.10 Å². The fraction of sp³-hybridized carbons (Fsp3) is 0.385. The van der Waals surface area contributed by atoms with E-state index in [9.17, 15) is 4.79 Å². The molecule has 0 atom stereocenters. The van der Waals surface area contributed by atoms with Crippen molar-refractivity contribution in [1.29, 1.82) is 0 Å². The fourth-order valence-electron chi connectivity index (χ4n) is 2.44. The van der Waals surface area contributed by atoms with Crippen molar-refractivity contribution in [2.75, 3.05) is 18.1 Å². The van der Waals surface area contributed by atoms with Gasteiger partial charge in [-0.3, -0.25) is 4.90 Å². The minimum atomic E-state index is -0.164. The maximum absolute atomic E-state index is 12.1. The highest BCUT2D eigenvalue weighted by Gasteiger charge is 2.29. The summed E-state index contributed by atoms with van der Waals surface area (Å²) in [6, 6.07) is 7.83. The standard InChI is InChI=1S/C13H15N3O2/c17-13-15-14-9-10-3-1-2-4-12(10)16(13)11-5-7-18-8-6-11/h1-4,9,11H,5-8H2,(H,15,17). The first-order valence-electron chi connectivity index (χ1n) is 6.15. The maximum atomic E-state index is 12.1. The topological polar surface area (TPSA) is 53.9 Å². The molecular weight excluding hydrogens is 230 g/mol. The van der Waals surface area contributed by atoms with Gasteiger partial charge in [-0.2, -0.15) is 5.10 Å². The Labute approximate surface area is 105 Å². The first kappa shape index (κ1) is 11.2. The van der Waals surface area contributed by atoms with Crippen LogP contribution >= 0.6 is 0 Å². The van der Waals surface area contributed by atoms with Gasteiger partial charge < -0.3 is 4.74 Å². The molecule has 1 aromatic carbocycles. The Balaban J connectivity index is 1.99. The number of hydrazone groups is 1. The Bertz CT molecular complexity index is 481. The van der Waals surface area contributed by atoms with Crippen LogP contribution in [-0.2, 0) is 4.74 Å². The lowest BCUT2D eigenvalue weighted by atomic mass is 10.0. The van der Waals surface area contributed by atoms with Gasteiger partial charge in [0.25, 0.3) is 0 Å². The maximum Gasteiger partial charge on any atom is 0.342 e. The van der Waals surface area contributed by atoms with Crippen LogP contribution in [0.25, 0.3) is 0 Å². The molecule has 2 aliphatic heterocycles. The molecule has 2 heterocycles. The van der Waals surface area contributed by atoms with Crippen molar-refractivity contribution in [3.8, 4) is 0 Å². The Kier molecular flexibility index (Phi) is 2.98. The molecule has 1 aromatic rings. The van der Waals surface area contributed by atoms with Crippen LogP contribution in [0.3, 0.4) is 0 Å². The number of benzene rings is 1. The molecule has 1 saturated heterocycles. The number of urea groups is 1. The summed E-state index contributed by atoms with van der Waals surface area (Å²) in [6.45, 7) is 1.41. The minimum absolute atomic E-state index is 0.164. The summed E-state index contributed by atoms with van der Waals surface area (Å²) < 4.78 is 5.36. The first-order chi connectivity index (χ1) is 8.86. The van der Waals surface area contributed by atoms with E-state index < -0.39 is 0 Å². The van der Waals surface area contributed by atoms with Gasteiger partial charge in [0.05, 0.1) is 11.9 Å². The van der Waals surface area contributed by atoms with E-state index >= 15 is 0 Å². The number of hydrogen-bond acceptors (Lipinski definition) is 3. The molecule has 0 radical (unpaired) electrons. The van der Waals surface area contributed by atoms with Gasteiger partial charge in [-0.1, -0.05) is 18.2 Å². The lowest BCUT2D eigenvalue weighted by Gasteiger charge is -2.33. The Morgan fingerprint density at radius 1 is 1.28 bits per heavy atom. The number of nitrogens with zero attached hydrogens (tertiary/aromatic N) is 2. The quantitative estimate of drug-likeness (QED) is 0.819. The third kappa shape index (κ3) is 1.97. The van der Waals surface area contributed by atoms with Crippen molar-refractivity contribution in [1.82, 2.24) is 5.43 Å². The number of para-hydroxylation sites is 1. The molecule has 0 saturated carbocycles. The van der Waals surface area contributed by atoms with E-state index in [1.54, 1.807) is 6.21 Å². The largest absolute Gasteiger partial charge is 0.381 e. The van der Waals surface area contributed by atoms with Gasteiger partial charge in [0.2, 0.25) is 0 Å². The molecule has 0 aromatic heterocycles. The average Bonchev–Trinajstić information content (AvgIpc) is 2.58. The number of nitrogens with one attached hydrogen (secondary N) is 1. The van der Waals surface area contributed by atoms with Gasteiger partial charge >= 0.3 is 6.03 Å². The van der Waals surface area contributed by atoms with Crippen LogP contribution in [0.4, 0.5) is 10.5 Å². The van der Waals surface area contributed by atoms with Gasteiger partial charge in [-0.25, -0.2) is 10.2 Å². The lowest BCUT2D eigenvalue weighted by Crippen LogP contribution is -2.47. The zero-order valence-corrected chi connectivity index (χ0v) is 10.0. The van der Waals surface area contributed by atoms with Crippen molar-refractivity contribution >= 4 is 17.9 Å². The predicted molar refractivity (Wildman–Crippen MR) is 68.9 cm³/mol. The highest BCUT2D eigenvalue weighted by Crippen LogP contribution is 2.26. The fourth-order valence-corrected chi connectivity index (χ4v) is 2.44. The van der Waals surface area contributed by atoms with Crippen molar-refractivity contribution in [3.63, 3.8) is 0 Å². The summed E-state index contributed by atoms with van der Waals surface area (Å²) in [7, 11) is 0. The zero-order chi connectivity index (χ0) is 12.4. The number of carbonyl (C=O) groups is 1. The second-order valence-electron chi connectivity index (χ2n) is 4.45. The summed E-state index contributed by atoms with van der Waals surface area (Å²) >= 11 is 0. The number of ether oxygens (including phenoxy) is 1. The van der Waals surface area contributed by atoms with Crippen molar-refractivity contribution in [3.05, 3.63) is 29.8 Å². The Hall–Kier alpha value is -1.88. The van der Waals surface area contributed by atoms with Crippen LogP contribution < -0.4 is 10.3 Å². The van der Waals surface area contributed by atoms with E-state index in [0.717, 1.165) is 24.1 Å². The third-order valence-electron chi connectivity index (χ3n) is 3.33. The number of hydrogen-bond donors (Lipinski definition) is 1. The molecule has 0 bridgehead atoms. The van der Waals surface area contributed by atoms with Crippen molar-refractivity contribution in [2.45, 2.75) is 18.9 Å². The van der Waals surface area contributed by atoms with Crippen LogP contribution in [0, 0.1) is 0 Å². The van der Waals surface area contributed by atoms with Crippen LogP contribution in [0.1, 0.15) is 18.4 Å². The van der Waals surface area contributed by atoms with E-state index in [0.29, 0.717) is 13.2 Å². The summed E-state index contributed by atoms with van der Waals surface area (Å²) in [5.74, 6) is 0. The number of amides is 2. The number of fused-ring (bicyclic) bond motifs is 1. The minimum Gasteiger partial charge on any atom is -0.381 e. The SMILES string of the molecule is O=C1NN=Cc2ccccc2N1C1CCOCC1. The summed E-state index contributed by atoms with van der Waals surface area (Å²) in [4.78, 5) is 13.9. The van der Waals surface area contributed by atoms with Gasteiger partial charge in [0.1, 0.15) is 0 Å². The number of rotatable bonds is 1. The summed E-state index contributed by atoms with van der Waals surface area (Å²) in [5.41, 5.74) is 4.43. The summed E-state index contributed by atoms with van der Waals surface area (Å²) in [5, 5.41) is 3.94. The van der Waals surface area contributed by atoms with Crippen LogP contribution in [-0.4, -0.2) is 31.5 Å². The first-order valence-corrected chi connectivity index (χ1v) is 6.15. The Morgan fingerprint density at radius 3 is 2.89 bits per heavy atom. The highest BCUT2D eigenvalue weighted by atomic mass is 16.5. The molecule has 1 fully saturated rings. The van der Waals surface area contributed by atoms with Gasteiger partial charge in [0.15, 0.2) is 0 Å². The monoisotopic (exact) mass is 245 g/mol. The van der Waals surface area contributed by atoms with E-state index in [2.05, 4.69) is 10.5 Å². The van der Waals surface area contributed by atoms with Crippen LogP contribution in [0.5, 0.6) is 0 Å². The predicted octanol–water partition coefficient (Wildman–Crippen LogP) is 1.73. The molecular formula is C13H15N3O2. The van der Waals surface area contributed by atoms with E-state index in [-0.39, 0.29) is 12.1 Å². The third-order valence-corrected chi connectivity index (χ3v) is 3.33. The molecule has 2 amide bonds. The van der Waals surface area contributed by atoms with Crippen LogP contribution in [0.15, 0.2) is 29.4 Å². The molecule has 18 heavy (non-hydrogen) atoms. The van der Waals surface area contributed by atoms with Gasteiger partial charge in [-0.15, -0.1) is 0 Å². The zero-order valence-electron chi connectivity index (χ0n) is 10.0. The molecule has 94 valence electrons. The van der Waals surface area contributed by atoms with E-state index in [1.165, 1.54) is 0 Å². The van der Waals surface area contributed by atoms with Crippen LogP contribution in [0.2, 0.25) is 0 Å². The molecule has 1 N–H and O–H groups in total. The second-order valence-corrected chi connectivity index (χ2v) is 4.45. The summed E-state index contributed by atoms with van der Waals surface area (Å²) in [6.07, 6.45) is 3.41. The Morgan fingerprint density at radius 2 is 2.06 bits per heavy atom. The van der Waals surface area contributed by atoms with E-state index in [4.69, 9.17) is 4.74 Å². The number of carbonyl (C=O) groups excluding carboxylic acids is 1. The molecule has 0 spiro atoms. The molecule has 5 heteroatoms.